The summed E-state index contributed by atoms with van der Waals surface area (Å²) in [5, 5.41) is 11.0. The molecule has 2 heterocycles. The predicted octanol–water partition coefficient (Wildman–Crippen LogP) is 3.27. The lowest BCUT2D eigenvalue weighted by Crippen LogP contribution is -2.22. The van der Waals surface area contributed by atoms with E-state index >= 15 is 0 Å². The maximum Gasteiger partial charge on any atom is 0.251 e. The minimum atomic E-state index is -0.168. The van der Waals surface area contributed by atoms with Crippen LogP contribution in [0.25, 0.3) is 16.8 Å². The molecule has 4 aromatic rings. The molecule has 0 spiro atoms. The minimum Gasteiger partial charge on any atom is -0.497 e. The summed E-state index contributed by atoms with van der Waals surface area (Å²) in [5.41, 5.74) is 4.10. The lowest BCUT2D eigenvalue weighted by atomic mass is 10.0. The number of methoxy groups -OCH3 is 1. The molecule has 0 aliphatic heterocycles. The number of amides is 1. The highest BCUT2D eigenvalue weighted by Gasteiger charge is 2.09. The number of carbonyl (C=O) groups is 1. The Morgan fingerprint density at radius 3 is 2.69 bits per heavy atom. The van der Waals surface area contributed by atoms with Gasteiger partial charge in [0.05, 0.1) is 31.7 Å². The fourth-order valence-corrected chi connectivity index (χ4v) is 2.88. The molecule has 0 bridgehead atoms. The first-order chi connectivity index (χ1) is 14.2. The van der Waals surface area contributed by atoms with Crippen molar-refractivity contribution in [1.29, 1.82) is 0 Å². The summed E-state index contributed by atoms with van der Waals surface area (Å²) in [6, 6.07) is 19.0. The fourth-order valence-electron chi connectivity index (χ4n) is 2.88. The molecular weight excluding hydrogens is 366 g/mol. The molecule has 7 heteroatoms. The molecule has 7 nitrogen and oxygen atoms in total. The summed E-state index contributed by atoms with van der Waals surface area (Å²) >= 11 is 0. The van der Waals surface area contributed by atoms with Crippen LogP contribution in [0.4, 0.5) is 0 Å². The largest absolute Gasteiger partial charge is 0.497 e. The number of carbonyl (C=O) groups excluding carboxylic acids is 1. The Hall–Kier alpha value is -4.00. The molecule has 0 saturated carbocycles. The van der Waals surface area contributed by atoms with Crippen LogP contribution in [0.3, 0.4) is 0 Å². The van der Waals surface area contributed by atoms with Gasteiger partial charge in [0.15, 0.2) is 0 Å². The molecule has 2 aromatic carbocycles. The zero-order valence-electron chi connectivity index (χ0n) is 15.8. The van der Waals surface area contributed by atoms with Crippen LogP contribution in [0, 0.1) is 0 Å². The van der Waals surface area contributed by atoms with Gasteiger partial charge in [-0.15, -0.1) is 5.10 Å². The van der Waals surface area contributed by atoms with Crippen molar-refractivity contribution in [1.82, 2.24) is 25.3 Å². The Kier molecular flexibility index (Phi) is 5.29. The number of aromatic nitrogens is 4. The fraction of sp³-hybridized carbons (Fsp3) is 0.0909. The van der Waals surface area contributed by atoms with Crippen molar-refractivity contribution in [3.8, 4) is 22.6 Å². The van der Waals surface area contributed by atoms with Crippen LogP contribution in [0.5, 0.6) is 5.75 Å². The molecule has 4 rings (SSSR count). The first-order valence-corrected chi connectivity index (χ1v) is 9.07. The predicted molar refractivity (Wildman–Crippen MR) is 109 cm³/mol. The van der Waals surface area contributed by atoms with Crippen LogP contribution in [-0.2, 0) is 6.54 Å². The second-order valence-electron chi connectivity index (χ2n) is 6.36. The number of ether oxygens (including phenoxy) is 1. The van der Waals surface area contributed by atoms with Crippen molar-refractivity contribution in [2.75, 3.05) is 7.11 Å². The van der Waals surface area contributed by atoms with E-state index in [0.717, 1.165) is 22.6 Å². The molecule has 1 amide bonds. The van der Waals surface area contributed by atoms with E-state index in [0.29, 0.717) is 11.3 Å². The molecule has 0 radical (unpaired) electrons. The zero-order chi connectivity index (χ0) is 20.1. The van der Waals surface area contributed by atoms with Crippen LogP contribution in [0.15, 0.2) is 79.3 Å². The summed E-state index contributed by atoms with van der Waals surface area (Å²) < 4.78 is 6.88. The average molecular weight is 385 g/mol. The molecule has 0 unspecified atom stereocenters. The number of pyridine rings is 1. The van der Waals surface area contributed by atoms with Gasteiger partial charge in [0.2, 0.25) is 0 Å². The van der Waals surface area contributed by atoms with Crippen LogP contribution < -0.4 is 10.1 Å². The number of benzene rings is 2. The van der Waals surface area contributed by atoms with E-state index in [2.05, 4.69) is 20.6 Å². The highest BCUT2D eigenvalue weighted by molar-refractivity contribution is 5.94. The average Bonchev–Trinajstić information content (AvgIpc) is 3.27. The first-order valence-electron chi connectivity index (χ1n) is 9.07. The van der Waals surface area contributed by atoms with Gasteiger partial charge >= 0.3 is 0 Å². The van der Waals surface area contributed by atoms with Gasteiger partial charge in [-0.3, -0.25) is 9.78 Å². The Labute approximate surface area is 168 Å². The lowest BCUT2D eigenvalue weighted by Gasteiger charge is -2.07. The Morgan fingerprint density at radius 1 is 1.07 bits per heavy atom. The van der Waals surface area contributed by atoms with Crippen LogP contribution in [-0.4, -0.2) is 33.0 Å². The molecule has 144 valence electrons. The summed E-state index contributed by atoms with van der Waals surface area (Å²) in [7, 11) is 1.64. The normalized spacial score (nSPS) is 10.5. The molecular formula is C22H19N5O2. The third kappa shape index (κ3) is 4.30. The Bertz CT molecular complexity index is 1110. The number of rotatable bonds is 6. The van der Waals surface area contributed by atoms with Crippen molar-refractivity contribution >= 4 is 5.91 Å². The molecule has 1 N–H and O–H groups in total. The standard InChI is InChI=1S/C22H19N5O2/c1-29-21-6-2-4-18(12-21)16-7-9-17(10-8-16)22(28)24-13-19-15-27(26-25-19)20-5-3-11-23-14-20/h2-12,14-15H,13H2,1H3,(H,24,28). The number of hydrogen-bond acceptors (Lipinski definition) is 5. The monoisotopic (exact) mass is 385 g/mol. The molecule has 0 atom stereocenters. The van der Waals surface area contributed by atoms with Gasteiger partial charge in [0.1, 0.15) is 11.4 Å². The van der Waals surface area contributed by atoms with E-state index in [9.17, 15) is 4.79 Å². The highest BCUT2D eigenvalue weighted by atomic mass is 16.5. The third-order valence-corrected chi connectivity index (χ3v) is 4.43. The second kappa shape index (κ2) is 8.35. The second-order valence-corrected chi connectivity index (χ2v) is 6.36. The SMILES string of the molecule is COc1cccc(-c2ccc(C(=O)NCc3cn(-c4cccnc4)nn3)cc2)c1. The summed E-state index contributed by atoms with van der Waals surface area (Å²) in [4.78, 5) is 16.5. The summed E-state index contributed by atoms with van der Waals surface area (Å²) in [6.07, 6.45) is 5.16. The van der Waals surface area contributed by atoms with E-state index in [1.165, 1.54) is 0 Å². The van der Waals surface area contributed by atoms with Crippen molar-refractivity contribution in [3.05, 3.63) is 90.5 Å². The van der Waals surface area contributed by atoms with Gasteiger partial charge in [-0.2, -0.15) is 0 Å². The first kappa shape index (κ1) is 18.4. The van der Waals surface area contributed by atoms with Gasteiger partial charge < -0.3 is 10.1 Å². The molecule has 29 heavy (non-hydrogen) atoms. The van der Waals surface area contributed by atoms with Crippen molar-refractivity contribution in [2.45, 2.75) is 6.54 Å². The van der Waals surface area contributed by atoms with Gasteiger partial charge in [0, 0.05) is 11.8 Å². The Balaban J connectivity index is 1.39. The van der Waals surface area contributed by atoms with Crippen molar-refractivity contribution in [3.63, 3.8) is 0 Å². The van der Waals surface area contributed by atoms with E-state index < -0.39 is 0 Å². The molecule has 0 saturated heterocycles. The van der Waals surface area contributed by atoms with E-state index in [1.54, 1.807) is 42.5 Å². The van der Waals surface area contributed by atoms with E-state index in [1.807, 2.05) is 48.5 Å². The number of nitrogens with zero attached hydrogens (tertiary/aromatic N) is 4. The third-order valence-electron chi connectivity index (χ3n) is 4.43. The van der Waals surface area contributed by atoms with Gasteiger partial charge in [-0.25, -0.2) is 4.68 Å². The number of hydrogen-bond donors (Lipinski definition) is 1. The van der Waals surface area contributed by atoms with Crippen LogP contribution in [0.2, 0.25) is 0 Å². The van der Waals surface area contributed by atoms with E-state index in [-0.39, 0.29) is 12.5 Å². The number of nitrogens with one attached hydrogen (secondary N) is 1. The van der Waals surface area contributed by atoms with E-state index in [4.69, 9.17) is 4.74 Å². The minimum absolute atomic E-state index is 0.168. The van der Waals surface area contributed by atoms with Gasteiger partial charge in [-0.05, 0) is 47.5 Å². The van der Waals surface area contributed by atoms with Crippen molar-refractivity contribution in [2.24, 2.45) is 0 Å². The van der Waals surface area contributed by atoms with Gasteiger partial charge in [0.25, 0.3) is 5.91 Å². The molecule has 0 aliphatic rings. The lowest BCUT2D eigenvalue weighted by molar-refractivity contribution is 0.0950. The Morgan fingerprint density at radius 2 is 1.93 bits per heavy atom. The van der Waals surface area contributed by atoms with Gasteiger partial charge in [-0.1, -0.05) is 29.5 Å². The van der Waals surface area contributed by atoms with Crippen molar-refractivity contribution < 1.29 is 9.53 Å². The maximum atomic E-state index is 12.4. The molecule has 0 fully saturated rings. The zero-order valence-corrected chi connectivity index (χ0v) is 15.8. The highest BCUT2D eigenvalue weighted by Crippen LogP contribution is 2.24. The van der Waals surface area contributed by atoms with Crippen LogP contribution in [0.1, 0.15) is 16.1 Å². The summed E-state index contributed by atoms with van der Waals surface area (Å²) in [6.45, 7) is 0.288. The summed E-state index contributed by atoms with van der Waals surface area (Å²) in [5.74, 6) is 0.627. The topological polar surface area (TPSA) is 81.9 Å². The van der Waals surface area contributed by atoms with Crippen LogP contribution >= 0.6 is 0 Å². The maximum absolute atomic E-state index is 12.4. The molecule has 0 aliphatic carbocycles. The smallest absolute Gasteiger partial charge is 0.251 e. The quantitative estimate of drug-likeness (QED) is 0.551. The molecule has 2 aromatic heterocycles.